The Bertz CT molecular complexity index is 367. The van der Waals surface area contributed by atoms with Gasteiger partial charge in [0, 0.05) is 6.92 Å². The summed E-state index contributed by atoms with van der Waals surface area (Å²) in [5.74, 6) is 0.965. The maximum absolute atomic E-state index is 11.2. The van der Waals surface area contributed by atoms with Gasteiger partial charge < -0.3 is 4.74 Å². The molecule has 0 aromatic rings. The molecule has 1 heterocycles. The number of nitrogens with zero attached hydrogens (tertiary/aromatic N) is 1. The van der Waals surface area contributed by atoms with Gasteiger partial charge in [0.15, 0.2) is 11.6 Å². The molecular formula is C11H13NO2S. The van der Waals surface area contributed by atoms with Crippen molar-refractivity contribution >= 4 is 23.6 Å². The zero-order valence-electron chi connectivity index (χ0n) is 8.82. The van der Waals surface area contributed by atoms with Gasteiger partial charge in [-0.3, -0.25) is 0 Å². The van der Waals surface area contributed by atoms with Crippen LogP contribution in [0.5, 0.6) is 0 Å². The molecule has 0 unspecified atom stereocenters. The molecule has 0 saturated heterocycles. The highest BCUT2D eigenvalue weighted by Crippen LogP contribution is 2.16. The van der Waals surface area contributed by atoms with Crippen molar-refractivity contribution < 1.29 is 9.53 Å². The highest BCUT2D eigenvalue weighted by atomic mass is 32.2. The number of thioether (sulfide) groups is 1. The van der Waals surface area contributed by atoms with E-state index in [-0.39, 0.29) is 0 Å². The van der Waals surface area contributed by atoms with E-state index >= 15 is 0 Å². The number of ether oxygens (including phenoxy) is 1. The van der Waals surface area contributed by atoms with Gasteiger partial charge in [-0.25, -0.2) is 9.79 Å². The van der Waals surface area contributed by atoms with E-state index in [9.17, 15) is 4.79 Å². The summed E-state index contributed by atoms with van der Waals surface area (Å²) in [4.78, 5) is 15.2. The predicted molar refractivity (Wildman–Crippen MR) is 63.7 cm³/mol. The third kappa shape index (κ3) is 3.40. The Morgan fingerprint density at radius 1 is 1.67 bits per heavy atom. The van der Waals surface area contributed by atoms with E-state index in [0.29, 0.717) is 11.6 Å². The minimum Gasteiger partial charge on any atom is -0.407 e. The average Bonchev–Trinajstić information content (AvgIpc) is 2.52. The lowest BCUT2D eigenvalue weighted by molar-refractivity contribution is -0.130. The second-order valence-electron chi connectivity index (χ2n) is 2.83. The molecule has 1 rings (SSSR count). The molecule has 3 nitrogen and oxygen atoms in total. The van der Waals surface area contributed by atoms with E-state index in [2.05, 4.69) is 18.5 Å². The van der Waals surface area contributed by atoms with Crippen LogP contribution in [0.15, 0.2) is 40.4 Å². The lowest BCUT2D eigenvalue weighted by atomic mass is 10.2. The van der Waals surface area contributed by atoms with Crippen molar-refractivity contribution in [3.63, 3.8) is 0 Å². The van der Waals surface area contributed by atoms with Crippen LogP contribution in [0, 0.1) is 0 Å². The van der Waals surface area contributed by atoms with E-state index in [4.69, 9.17) is 4.74 Å². The zero-order chi connectivity index (χ0) is 11.3. The van der Waals surface area contributed by atoms with E-state index in [1.165, 1.54) is 0 Å². The number of aliphatic imine (C=N–C) groups is 1. The first kappa shape index (κ1) is 11.8. The van der Waals surface area contributed by atoms with Crippen molar-refractivity contribution in [2.75, 3.05) is 5.75 Å². The highest BCUT2D eigenvalue weighted by molar-refractivity contribution is 8.02. The van der Waals surface area contributed by atoms with Crippen molar-refractivity contribution in [1.82, 2.24) is 0 Å². The van der Waals surface area contributed by atoms with E-state index in [1.807, 2.05) is 5.41 Å². The molecule has 0 fully saturated rings. The lowest BCUT2D eigenvalue weighted by Crippen LogP contribution is -2.00. The SMILES string of the molecule is C=CC(/C=C1\N=C(C)OC1=O)=C\SCC. The summed E-state index contributed by atoms with van der Waals surface area (Å²) in [6.07, 6.45) is 3.36. The molecule has 0 atom stereocenters. The molecule has 4 heteroatoms. The summed E-state index contributed by atoms with van der Waals surface area (Å²) in [7, 11) is 0. The quantitative estimate of drug-likeness (QED) is 0.418. The fraction of sp³-hybridized carbons (Fsp3) is 0.273. The van der Waals surface area contributed by atoms with Crippen LogP contribution >= 0.6 is 11.8 Å². The smallest absolute Gasteiger partial charge is 0.363 e. The van der Waals surface area contributed by atoms with Crippen molar-refractivity contribution in [3.8, 4) is 0 Å². The molecule has 0 spiro atoms. The zero-order valence-corrected chi connectivity index (χ0v) is 9.63. The Labute approximate surface area is 93.6 Å². The number of hydrogen-bond donors (Lipinski definition) is 0. The maximum Gasteiger partial charge on any atom is 0.363 e. The topological polar surface area (TPSA) is 38.7 Å². The first-order chi connectivity index (χ1) is 7.17. The monoisotopic (exact) mass is 223 g/mol. The first-order valence-electron chi connectivity index (χ1n) is 4.60. The lowest BCUT2D eigenvalue weighted by Gasteiger charge is -1.94. The maximum atomic E-state index is 11.2. The van der Waals surface area contributed by atoms with E-state index < -0.39 is 5.97 Å². The van der Waals surface area contributed by atoms with Gasteiger partial charge in [0.2, 0.25) is 0 Å². The van der Waals surface area contributed by atoms with Crippen LogP contribution < -0.4 is 0 Å². The molecule has 0 amide bonds. The fourth-order valence-corrected chi connectivity index (χ4v) is 1.52. The molecule has 0 bridgehead atoms. The summed E-state index contributed by atoms with van der Waals surface area (Å²) in [5, 5.41) is 1.94. The van der Waals surface area contributed by atoms with Crippen molar-refractivity contribution in [2.45, 2.75) is 13.8 Å². The Hall–Kier alpha value is -1.29. The van der Waals surface area contributed by atoms with Crippen LogP contribution in [0.3, 0.4) is 0 Å². The number of cyclic esters (lactones) is 1. The van der Waals surface area contributed by atoms with Crippen molar-refractivity contribution in [3.05, 3.63) is 35.4 Å². The van der Waals surface area contributed by atoms with Gasteiger partial charge in [0.05, 0.1) is 0 Å². The molecule has 0 radical (unpaired) electrons. The standard InChI is InChI=1S/C11H13NO2S/c1-4-9(7-15-5-2)6-10-11(13)14-8(3)12-10/h4,6-7H,1,5H2,2-3H3/b9-7+,10-6-. The third-order valence-corrected chi connectivity index (χ3v) is 2.42. The van der Waals surface area contributed by atoms with Gasteiger partial charge in [-0.2, -0.15) is 0 Å². The Kier molecular flexibility index (Phi) is 4.37. The molecule has 15 heavy (non-hydrogen) atoms. The van der Waals surface area contributed by atoms with Gasteiger partial charge in [0.25, 0.3) is 0 Å². The summed E-state index contributed by atoms with van der Waals surface area (Å²) < 4.78 is 4.80. The van der Waals surface area contributed by atoms with Crippen molar-refractivity contribution in [1.29, 1.82) is 0 Å². The summed E-state index contributed by atoms with van der Waals surface area (Å²) >= 11 is 1.65. The molecule has 0 aliphatic carbocycles. The summed E-state index contributed by atoms with van der Waals surface area (Å²) in [6, 6.07) is 0. The average molecular weight is 223 g/mol. The van der Waals surface area contributed by atoms with Gasteiger partial charge in [-0.05, 0) is 22.8 Å². The van der Waals surface area contributed by atoms with Crippen LogP contribution in [0.2, 0.25) is 0 Å². The van der Waals surface area contributed by atoms with Crippen molar-refractivity contribution in [2.24, 2.45) is 4.99 Å². The van der Waals surface area contributed by atoms with Crippen LogP contribution in [0.25, 0.3) is 0 Å². The number of esters is 1. The Balaban J connectivity index is 2.85. The minimum absolute atomic E-state index is 0.329. The molecule has 0 N–H and O–H groups in total. The van der Waals surface area contributed by atoms with Gasteiger partial charge >= 0.3 is 5.97 Å². The number of rotatable bonds is 4. The molecule has 1 aliphatic heterocycles. The Morgan fingerprint density at radius 2 is 2.40 bits per heavy atom. The second-order valence-corrected chi connectivity index (χ2v) is 3.97. The highest BCUT2D eigenvalue weighted by Gasteiger charge is 2.19. The summed E-state index contributed by atoms with van der Waals surface area (Å²) in [5.41, 5.74) is 1.20. The number of carbonyl (C=O) groups excluding carboxylic acids is 1. The molecule has 1 aliphatic rings. The largest absolute Gasteiger partial charge is 0.407 e. The minimum atomic E-state index is -0.401. The fourth-order valence-electron chi connectivity index (χ4n) is 0.994. The van der Waals surface area contributed by atoms with Gasteiger partial charge in [-0.1, -0.05) is 19.6 Å². The number of allylic oxidation sites excluding steroid dienone is 3. The summed E-state index contributed by atoms with van der Waals surface area (Å²) in [6.45, 7) is 7.38. The molecule has 0 aromatic heterocycles. The van der Waals surface area contributed by atoms with Crippen LogP contribution in [-0.2, 0) is 9.53 Å². The number of hydrogen-bond acceptors (Lipinski definition) is 4. The normalized spacial score (nSPS) is 19.1. The molecule has 80 valence electrons. The molecule has 0 saturated carbocycles. The number of carbonyl (C=O) groups is 1. The van der Waals surface area contributed by atoms with Gasteiger partial charge in [0.1, 0.15) is 0 Å². The van der Waals surface area contributed by atoms with Gasteiger partial charge in [-0.15, -0.1) is 11.8 Å². The third-order valence-electron chi connectivity index (χ3n) is 1.65. The molecular weight excluding hydrogens is 210 g/mol. The first-order valence-corrected chi connectivity index (χ1v) is 5.65. The Morgan fingerprint density at radius 3 is 2.87 bits per heavy atom. The van der Waals surface area contributed by atoms with Crippen LogP contribution in [-0.4, -0.2) is 17.6 Å². The van der Waals surface area contributed by atoms with Crippen LogP contribution in [0.1, 0.15) is 13.8 Å². The second kappa shape index (κ2) is 5.56. The predicted octanol–water partition coefficient (Wildman–Crippen LogP) is 2.67. The molecule has 0 aromatic carbocycles. The van der Waals surface area contributed by atoms with E-state index in [1.54, 1.807) is 30.8 Å². The van der Waals surface area contributed by atoms with Crippen LogP contribution in [0.4, 0.5) is 0 Å². The van der Waals surface area contributed by atoms with E-state index in [0.717, 1.165) is 11.3 Å².